The first-order chi connectivity index (χ1) is 13.9. The van der Waals surface area contributed by atoms with E-state index in [0.29, 0.717) is 17.0 Å². The first-order valence-corrected chi connectivity index (χ1v) is 10.3. The lowest BCUT2D eigenvalue weighted by Crippen LogP contribution is -2.07. The molecule has 0 unspecified atom stereocenters. The zero-order chi connectivity index (χ0) is 20.4. The van der Waals surface area contributed by atoms with Crippen LogP contribution in [0.25, 0.3) is 22.6 Å². The summed E-state index contributed by atoms with van der Waals surface area (Å²) in [6, 6.07) is 16.5. The fourth-order valence-corrected chi connectivity index (χ4v) is 4.23. The van der Waals surface area contributed by atoms with Crippen LogP contribution in [0, 0.1) is 6.92 Å². The molecule has 6 nitrogen and oxygen atoms in total. The van der Waals surface area contributed by atoms with Crippen LogP contribution in [0.15, 0.2) is 89.0 Å². The minimum absolute atomic E-state index is 0.0110. The second-order valence-corrected chi connectivity index (χ2v) is 8.43. The summed E-state index contributed by atoms with van der Waals surface area (Å²) in [6.07, 6.45) is 4.50. The van der Waals surface area contributed by atoms with Gasteiger partial charge in [-0.05, 0) is 55.5 Å². The summed E-state index contributed by atoms with van der Waals surface area (Å²) in [7, 11) is -3.83. The van der Waals surface area contributed by atoms with E-state index < -0.39 is 9.84 Å². The Morgan fingerprint density at radius 1 is 0.862 bits per heavy atom. The number of phenolic OH excluding ortho intramolecular Hbond substituents is 1. The molecule has 0 fully saturated rings. The van der Waals surface area contributed by atoms with E-state index in [1.54, 1.807) is 60.9 Å². The fraction of sp³-hybridized carbons (Fsp3) is 0.0455. The largest absolute Gasteiger partial charge is 0.508 e. The Balaban J connectivity index is 1.92. The molecule has 2 aromatic carbocycles. The highest BCUT2D eigenvalue weighted by atomic mass is 32.2. The van der Waals surface area contributed by atoms with Gasteiger partial charge in [0.2, 0.25) is 9.84 Å². The minimum atomic E-state index is -3.83. The number of aromatic hydroxyl groups is 1. The maximum absolute atomic E-state index is 13.3. The number of aryl methyl sites for hydroxylation is 1. The van der Waals surface area contributed by atoms with Gasteiger partial charge in [0.05, 0.1) is 16.8 Å². The van der Waals surface area contributed by atoms with Crippen LogP contribution in [-0.4, -0.2) is 28.5 Å². The lowest BCUT2D eigenvalue weighted by atomic mass is 10.1. The number of pyridine rings is 1. The van der Waals surface area contributed by atoms with Crippen LogP contribution in [0.3, 0.4) is 0 Å². The molecular weight excluding hydrogens is 386 g/mol. The molecule has 0 atom stereocenters. The van der Waals surface area contributed by atoms with Crippen LogP contribution in [0.4, 0.5) is 0 Å². The van der Waals surface area contributed by atoms with E-state index in [0.717, 1.165) is 5.56 Å². The SMILES string of the molecule is Cc1ccc(S(=O)(=O)c2cnc(-c3ccc(O)cc3)nc2-c2cccnc2)cc1. The third-order valence-electron chi connectivity index (χ3n) is 4.44. The number of aromatic nitrogens is 3. The summed E-state index contributed by atoms with van der Waals surface area (Å²) < 4.78 is 26.6. The van der Waals surface area contributed by atoms with E-state index in [4.69, 9.17) is 0 Å². The van der Waals surface area contributed by atoms with Crippen LogP contribution >= 0.6 is 0 Å². The van der Waals surface area contributed by atoms with Crippen LogP contribution < -0.4 is 0 Å². The summed E-state index contributed by atoms with van der Waals surface area (Å²) in [5.41, 5.74) is 2.47. The van der Waals surface area contributed by atoms with E-state index in [9.17, 15) is 13.5 Å². The maximum Gasteiger partial charge on any atom is 0.210 e. The van der Waals surface area contributed by atoms with Crippen LogP contribution in [0.5, 0.6) is 5.75 Å². The molecule has 4 aromatic rings. The average molecular weight is 403 g/mol. The minimum Gasteiger partial charge on any atom is -0.508 e. The van der Waals surface area contributed by atoms with Crippen molar-refractivity contribution in [1.82, 2.24) is 15.0 Å². The summed E-state index contributed by atoms with van der Waals surface area (Å²) in [4.78, 5) is 13.1. The van der Waals surface area contributed by atoms with Crippen molar-refractivity contribution in [3.63, 3.8) is 0 Å². The topological polar surface area (TPSA) is 93.0 Å². The second kappa shape index (κ2) is 7.44. The van der Waals surface area contributed by atoms with Gasteiger partial charge in [-0.15, -0.1) is 0 Å². The van der Waals surface area contributed by atoms with Crippen molar-refractivity contribution in [2.45, 2.75) is 16.7 Å². The summed E-state index contributed by atoms with van der Waals surface area (Å²) in [5, 5.41) is 9.50. The fourth-order valence-electron chi connectivity index (χ4n) is 2.87. The van der Waals surface area contributed by atoms with Gasteiger partial charge in [-0.2, -0.15) is 0 Å². The van der Waals surface area contributed by atoms with E-state index in [2.05, 4.69) is 15.0 Å². The molecule has 0 aliphatic heterocycles. The molecule has 0 aliphatic carbocycles. The van der Waals surface area contributed by atoms with E-state index in [1.807, 2.05) is 6.92 Å². The smallest absolute Gasteiger partial charge is 0.210 e. The van der Waals surface area contributed by atoms with Crippen molar-refractivity contribution >= 4 is 9.84 Å². The Kier molecular flexibility index (Phi) is 4.82. The number of hydrogen-bond donors (Lipinski definition) is 1. The standard InChI is InChI=1S/C22H17N3O3S/c1-15-4-10-19(11-5-15)29(27,28)20-14-24-22(16-6-8-18(26)9-7-16)25-21(20)17-3-2-12-23-13-17/h2-14,26H,1H3. The number of rotatable bonds is 4. The van der Waals surface area contributed by atoms with Crippen LogP contribution in [0.1, 0.15) is 5.56 Å². The molecule has 0 amide bonds. The Hall–Kier alpha value is -3.58. The number of sulfone groups is 1. The van der Waals surface area contributed by atoms with Gasteiger partial charge in [0.15, 0.2) is 5.82 Å². The van der Waals surface area contributed by atoms with E-state index in [-0.39, 0.29) is 21.2 Å². The van der Waals surface area contributed by atoms with Crippen molar-refractivity contribution in [2.75, 3.05) is 0 Å². The van der Waals surface area contributed by atoms with E-state index >= 15 is 0 Å². The molecule has 0 saturated heterocycles. The Bertz CT molecular complexity index is 1260. The average Bonchev–Trinajstić information content (AvgIpc) is 2.75. The molecule has 0 aliphatic rings. The lowest BCUT2D eigenvalue weighted by molar-refractivity contribution is 0.475. The molecule has 2 heterocycles. The number of nitrogens with zero attached hydrogens (tertiary/aromatic N) is 3. The summed E-state index contributed by atoms with van der Waals surface area (Å²) in [5.74, 6) is 0.478. The highest BCUT2D eigenvalue weighted by Crippen LogP contribution is 2.31. The quantitative estimate of drug-likeness (QED) is 0.552. The van der Waals surface area contributed by atoms with Gasteiger partial charge in [-0.25, -0.2) is 18.4 Å². The van der Waals surface area contributed by atoms with E-state index in [1.165, 1.54) is 18.3 Å². The Morgan fingerprint density at radius 2 is 1.59 bits per heavy atom. The Morgan fingerprint density at radius 3 is 2.24 bits per heavy atom. The van der Waals surface area contributed by atoms with Crippen LogP contribution in [0.2, 0.25) is 0 Å². The van der Waals surface area contributed by atoms with Gasteiger partial charge in [-0.1, -0.05) is 17.7 Å². The number of hydrogen-bond acceptors (Lipinski definition) is 6. The first kappa shape index (κ1) is 18.8. The lowest BCUT2D eigenvalue weighted by Gasteiger charge is -2.12. The predicted octanol–water partition coefficient (Wildman–Crippen LogP) is 4.05. The van der Waals surface area contributed by atoms with Gasteiger partial charge in [0.25, 0.3) is 0 Å². The third kappa shape index (κ3) is 3.72. The molecule has 1 N–H and O–H groups in total. The molecule has 4 rings (SSSR count). The van der Waals surface area contributed by atoms with Gasteiger partial charge in [0, 0.05) is 23.5 Å². The van der Waals surface area contributed by atoms with Crippen molar-refractivity contribution in [3.05, 3.63) is 84.8 Å². The normalized spacial score (nSPS) is 11.3. The molecular formula is C22H17N3O3S. The monoisotopic (exact) mass is 403 g/mol. The van der Waals surface area contributed by atoms with Gasteiger partial charge < -0.3 is 5.11 Å². The van der Waals surface area contributed by atoms with Crippen molar-refractivity contribution in [1.29, 1.82) is 0 Å². The second-order valence-electron chi connectivity index (χ2n) is 6.51. The van der Waals surface area contributed by atoms with Gasteiger partial charge >= 0.3 is 0 Å². The predicted molar refractivity (Wildman–Crippen MR) is 109 cm³/mol. The Labute approximate surface area is 168 Å². The van der Waals surface area contributed by atoms with Crippen molar-refractivity contribution in [3.8, 4) is 28.4 Å². The van der Waals surface area contributed by atoms with Crippen molar-refractivity contribution in [2.24, 2.45) is 0 Å². The van der Waals surface area contributed by atoms with Crippen LogP contribution in [-0.2, 0) is 9.84 Å². The molecule has 7 heteroatoms. The summed E-state index contributed by atoms with van der Waals surface area (Å²) >= 11 is 0. The molecule has 0 spiro atoms. The molecule has 2 aromatic heterocycles. The van der Waals surface area contributed by atoms with Gasteiger partial charge in [0.1, 0.15) is 10.6 Å². The highest BCUT2D eigenvalue weighted by molar-refractivity contribution is 7.91. The number of benzene rings is 2. The molecule has 0 saturated carbocycles. The molecule has 0 radical (unpaired) electrons. The zero-order valence-electron chi connectivity index (χ0n) is 15.5. The summed E-state index contributed by atoms with van der Waals surface area (Å²) in [6.45, 7) is 1.90. The zero-order valence-corrected chi connectivity index (χ0v) is 16.3. The molecule has 144 valence electrons. The first-order valence-electron chi connectivity index (χ1n) is 8.84. The highest BCUT2D eigenvalue weighted by Gasteiger charge is 2.24. The third-order valence-corrected chi connectivity index (χ3v) is 6.21. The molecule has 29 heavy (non-hydrogen) atoms. The molecule has 0 bridgehead atoms. The number of phenols is 1. The maximum atomic E-state index is 13.3. The van der Waals surface area contributed by atoms with Gasteiger partial charge in [-0.3, -0.25) is 4.98 Å². The van der Waals surface area contributed by atoms with Crippen molar-refractivity contribution < 1.29 is 13.5 Å².